The molecule has 2 saturated heterocycles. The molecule has 0 aliphatic carbocycles. The van der Waals surface area contributed by atoms with Crippen LogP contribution in [0, 0.1) is 5.92 Å². The topological polar surface area (TPSA) is 59.1 Å². The van der Waals surface area contributed by atoms with Gasteiger partial charge < -0.3 is 14.4 Å². The number of piperidine rings is 1. The van der Waals surface area contributed by atoms with Crippen LogP contribution in [0.2, 0.25) is 0 Å². The molecular weight excluding hydrogens is 320 g/mol. The molecule has 1 aromatic carbocycles. The molecule has 0 N–H and O–H groups in total. The van der Waals surface area contributed by atoms with Crippen LogP contribution in [0.15, 0.2) is 18.2 Å². The number of nitrogens with zero attached hydrogens (tertiary/aromatic N) is 2. The maximum atomic E-state index is 12.5. The second kappa shape index (κ2) is 7.33. The lowest BCUT2D eigenvalue weighted by Gasteiger charge is -2.26. The van der Waals surface area contributed by atoms with Crippen molar-refractivity contribution in [3.05, 3.63) is 23.8 Å². The molecule has 2 aliphatic rings. The van der Waals surface area contributed by atoms with Gasteiger partial charge in [0.25, 0.3) is 5.91 Å². The average Bonchev–Trinajstić information content (AvgIpc) is 2.87. The van der Waals surface area contributed by atoms with E-state index in [1.54, 1.807) is 19.1 Å². The first-order valence-electron chi connectivity index (χ1n) is 8.88. The number of amides is 3. The molecule has 0 bridgehead atoms. The monoisotopic (exact) mass is 346 g/mol. The Bertz CT molecular complexity index is 637. The molecule has 136 valence electrons. The molecule has 2 fully saturated rings. The van der Waals surface area contributed by atoms with E-state index in [-0.39, 0.29) is 23.9 Å². The van der Waals surface area contributed by atoms with Crippen LogP contribution in [0.4, 0.5) is 4.79 Å². The Kier molecular flexibility index (Phi) is 5.16. The van der Waals surface area contributed by atoms with Gasteiger partial charge in [-0.25, -0.2) is 4.79 Å². The summed E-state index contributed by atoms with van der Waals surface area (Å²) in [6.45, 7) is 3.23. The van der Waals surface area contributed by atoms with Crippen LogP contribution in [-0.2, 0) is 11.2 Å². The van der Waals surface area contributed by atoms with Crippen LogP contribution < -0.4 is 9.47 Å². The minimum absolute atomic E-state index is 0.0242. The number of hydrogen-bond donors (Lipinski definition) is 0. The van der Waals surface area contributed by atoms with Gasteiger partial charge in [0.1, 0.15) is 6.04 Å². The van der Waals surface area contributed by atoms with Gasteiger partial charge >= 0.3 is 6.03 Å². The summed E-state index contributed by atoms with van der Waals surface area (Å²) in [6.07, 6.45) is 3.58. The number of carbonyl (C=O) groups excluding carboxylic acids is 2. The number of rotatable bonds is 6. The lowest BCUT2D eigenvalue weighted by molar-refractivity contribution is -0.129. The van der Waals surface area contributed by atoms with Crippen LogP contribution in [0.3, 0.4) is 0 Å². The molecule has 3 amide bonds. The predicted octanol–water partition coefficient (Wildman–Crippen LogP) is 2.70. The van der Waals surface area contributed by atoms with Crippen LogP contribution >= 0.6 is 0 Å². The number of urea groups is 1. The third-order valence-electron chi connectivity index (χ3n) is 5.06. The minimum atomic E-state index is -0.227. The van der Waals surface area contributed by atoms with Gasteiger partial charge in [0.15, 0.2) is 11.5 Å². The highest BCUT2D eigenvalue weighted by Crippen LogP contribution is 2.30. The Morgan fingerprint density at radius 2 is 1.92 bits per heavy atom. The summed E-state index contributed by atoms with van der Waals surface area (Å²) in [5.74, 6) is 1.54. The minimum Gasteiger partial charge on any atom is -0.493 e. The molecule has 2 unspecified atom stereocenters. The lowest BCUT2D eigenvalue weighted by atomic mass is 10.00. The maximum Gasteiger partial charge on any atom is 0.327 e. The Balaban J connectivity index is 1.65. The van der Waals surface area contributed by atoms with E-state index in [1.807, 2.05) is 18.2 Å². The summed E-state index contributed by atoms with van der Waals surface area (Å²) in [7, 11) is 3.22. The quantitative estimate of drug-likeness (QED) is 0.743. The number of fused-ring (bicyclic) bond motifs is 1. The fourth-order valence-electron chi connectivity index (χ4n) is 3.80. The van der Waals surface area contributed by atoms with E-state index in [4.69, 9.17) is 9.47 Å². The molecule has 0 radical (unpaired) electrons. The summed E-state index contributed by atoms with van der Waals surface area (Å²) < 4.78 is 10.6. The summed E-state index contributed by atoms with van der Waals surface area (Å²) in [5, 5.41) is 0. The number of imide groups is 1. The molecule has 0 spiro atoms. The van der Waals surface area contributed by atoms with Crippen molar-refractivity contribution < 1.29 is 19.1 Å². The first-order chi connectivity index (χ1) is 12.0. The van der Waals surface area contributed by atoms with Crippen molar-refractivity contribution in [2.75, 3.05) is 27.3 Å². The largest absolute Gasteiger partial charge is 0.493 e. The zero-order valence-corrected chi connectivity index (χ0v) is 15.2. The van der Waals surface area contributed by atoms with Gasteiger partial charge in [-0.3, -0.25) is 9.69 Å². The summed E-state index contributed by atoms with van der Waals surface area (Å²) >= 11 is 0. The van der Waals surface area contributed by atoms with E-state index in [9.17, 15) is 9.59 Å². The Hall–Kier alpha value is -2.24. The van der Waals surface area contributed by atoms with Gasteiger partial charge in [0.05, 0.1) is 14.2 Å². The van der Waals surface area contributed by atoms with Gasteiger partial charge in [0.2, 0.25) is 0 Å². The lowest BCUT2D eigenvalue weighted by Crippen LogP contribution is -2.39. The fraction of sp³-hybridized carbons (Fsp3) is 0.579. The molecule has 3 rings (SSSR count). The summed E-state index contributed by atoms with van der Waals surface area (Å²) in [5.41, 5.74) is 1.10. The molecular formula is C19H26N2O4. The summed E-state index contributed by atoms with van der Waals surface area (Å²) in [6, 6.07) is 5.48. The first kappa shape index (κ1) is 17.6. The van der Waals surface area contributed by atoms with E-state index in [2.05, 4.69) is 6.92 Å². The zero-order chi connectivity index (χ0) is 18.0. The van der Waals surface area contributed by atoms with E-state index in [1.165, 1.54) is 4.90 Å². The smallest absolute Gasteiger partial charge is 0.327 e. The second-order valence-electron chi connectivity index (χ2n) is 6.94. The summed E-state index contributed by atoms with van der Waals surface area (Å²) in [4.78, 5) is 28.3. The second-order valence-corrected chi connectivity index (χ2v) is 6.94. The van der Waals surface area contributed by atoms with Crippen LogP contribution in [0.25, 0.3) is 0 Å². The highest BCUT2D eigenvalue weighted by Gasteiger charge is 2.45. The molecule has 0 aromatic heterocycles. The number of methoxy groups -OCH3 is 2. The van der Waals surface area contributed by atoms with Gasteiger partial charge in [-0.05, 0) is 49.3 Å². The van der Waals surface area contributed by atoms with Gasteiger partial charge in [-0.15, -0.1) is 0 Å². The van der Waals surface area contributed by atoms with Gasteiger partial charge in [-0.2, -0.15) is 0 Å². The van der Waals surface area contributed by atoms with Crippen molar-refractivity contribution in [3.8, 4) is 11.5 Å². The molecule has 0 saturated carbocycles. The van der Waals surface area contributed by atoms with E-state index in [0.717, 1.165) is 31.2 Å². The first-order valence-corrected chi connectivity index (χ1v) is 8.88. The van der Waals surface area contributed by atoms with Crippen LogP contribution in [0.1, 0.15) is 31.7 Å². The van der Waals surface area contributed by atoms with Crippen molar-refractivity contribution in [2.45, 2.75) is 38.6 Å². The molecule has 1 aromatic rings. The molecule has 25 heavy (non-hydrogen) atoms. The average molecular weight is 346 g/mol. The van der Waals surface area contributed by atoms with Crippen molar-refractivity contribution in [1.29, 1.82) is 0 Å². The SMILES string of the molecule is COc1ccc(CC(C)CN2C(=O)C3CCCCN3C2=O)cc1OC. The highest BCUT2D eigenvalue weighted by molar-refractivity contribution is 6.04. The Labute approximate surface area is 148 Å². The molecule has 2 heterocycles. The maximum absolute atomic E-state index is 12.5. The number of ether oxygens (including phenoxy) is 2. The molecule has 6 heteroatoms. The van der Waals surface area contributed by atoms with E-state index < -0.39 is 0 Å². The molecule has 2 atom stereocenters. The van der Waals surface area contributed by atoms with Crippen molar-refractivity contribution in [2.24, 2.45) is 5.92 Å². The third-order valence-corrected chi connectivity index (χ3v) is 5.06. The van der Waals surface area contributed by atoms with Crippen molar-refractivity contribution in [1.82, 2.24) is 9.80 Å². The Morgan fingerprint density at radius 1 is 1.16 bits per heavy atom. The molecule has 2 aliphatic heterocycles. The third kappa shape index (κ3) is 3.43. The van der Waals surface area contributed by atoms with Crippen molar-refractivity contribution in [3.63, 3.8) is 0 Å². The van der Waals surface area contributed by atoms with E-state index in [0.29, 0.717) is 24.6 Å². The van der Waals surface area contributed by atoms with Gasteiger partial charge in [0, 0.05) is 13.1 Å². The van der Waals surface area contributed by atoms with Gasteiger partial charge in [-0.1, -0.05) is 13.0 Å². The number of hydrogen-bond acceptors (Lipinski definition) is 4. The number of benzene rings is 1. The van der Waals surface area contributed by atoms with Crippen LogP contribution in [0.5, 0.6) is 11.5 Å². The van der Waals surface area contributed by atoms with Crippen molar-refractivity contribution >= 4 is 11.9 Å². The van der Waals surface area contributed by atoms with E-state index >= 15 is 0 Å². The molecule has 6 nitrogen and oxygen atoms in total. The number of carbonyl (C=O) groups is 2. The fourth-order valence-corrected chi connectivity index (χ4v) is 3.80. The van der Waals surface area contributed by atoms with Crippen LogP contribution in [-0.4, -0.2) is 55.1 Å². The normalized spacial score (nSPS) is 21.3. The highest BCUT2D eigenvalue weighted by atomic mass is 16.5. The predicted molar refractivity (Wildman–Crippen MR) is 93.9 cm³/mol. The zero-order valence-electron chi connectivity index (χ0n) is 15.2. The standard InChI is InChI=1S/C19H26N2O4/c1-13(10-14-7-8-16(24-2)17(11-14)25-3)12-21-18(22)15-6-4-5-9-20(15)19(21)23/h7-8,11,13,15H,4-6,9-10,12H2,1-3H3. The Morgan fingerprint density at radius 3 is 2.60 bits per heavy atom.